The van der Waals surface area contributed by atoms with Crippen LogP contribution in [-0.2, 0) is 6.54 Å². The molecule has 0 bridgehead atoms. The van der Waals surface area contributed by atoms with Crippen LogP contribution in [0.1, 0.15) is 22.8 Å². The molecule has 1 amide bonds. The van der Waals surface area contributed by atoms with Gasteiger partial charge >= 0.3 is 0 Å². The fourth-order valence-corrected chi connectivity index (χ4v) is 2.31. The number of nitrogens with one attached hydrogen (secondary N) is 1. The molecular formula is C17H18N4O2. The second-order valence-corrected chi connectivity index (χ2v) is 5.48. The number of aliphatic hydroxyl groups is 1. The molecule has 2 N–H and O–H groups in total. The van der Waals surface area contributed by atoms with Crippen LogP contribution in [0.15, 0.2) is 48.8 Å². The molecule has 3 rings (SSSR count). The third-order valence-electron chi connectivity index (χ3n) is 3.47. The summed E-state index contributed by atoms with van der Waals surface area (Å²) in [7, 11) is 0. The minimum Gasteiger partial charge on any atom is -0.392 e. The highest BCUT2D eigenvalue weighted by atomic mass is 16.3. The lowest BCUT2D eigenvalue weighted by molar-refractivity contribution is 0.0924. The second-order valence-electron chi connectivity index (χ2n) is 5.48. The van der Waals surface area contributed by atoms with Crippen molar-refractivity contribution in [3.8, 4) is 0 Å². The number of fused-ring (bicyclic) bond motifs is 1. The Hall–Kier alpha value is -2.73. The van der Waals surface area contributed by atoms with Gasteiger partial charge in [-0.05, 0) is 18.6 Å². The molecule has 6 nitrogen and oxygen atoms in total. The predicted octanol–water partition coefficient (Wildman–Crippen LogP) is 1.59. The molecule has 0 radical (unpaired) electrons. The largest absolute Gasteiger partial charge is 0.392 e. The van der Waals surface area contributed by atoms with Gasteiger partial charge in [-0.1, -0.05) is 30.3 Å². The number of carbonyl (C=O) groups excluding carboxylic acids is 1. The van der Waals surface area contributed by atoms with Crippen molar-refractivity contribution >= 4 is 16.9 Å². The van der Waals surface area contributed by atoms with Gasteiger partial charge in [0.05, 0.1) is 24.4 Å². The number of nitrogens with zero attached hydrogens (tertiary/aromatic N) is 3. The smallest absolute Gasteiger partial charge is 0.252 e. The summed E-state index contributed by atoms with van der Waals surface area (Å²) < 4.78 is 1.81. The van der Waals surface area contributed by atoms with Crippen LogP contribution in [0.5, 0.6) is 0 Å². The van der Waals surface area contributed by atoms with Crippen molar-refractivity contribution in [1.29, 1.82) is 0 Å². The quantitative estimate of drug-likeness (QED) is 0.750. The lowest BCUT2D eigenvalue weighted by atomic mass is 10.2. The minimum absolute atomic E-state index is 0.212. The lowest BCUT2D eigenvalue weighted by Gasteiger charge is -2.07. The van der Waals surface area contributed by atoms with Gasteiger partial charge in [-0.3, -0.25) is 4.79 Å². The third kappa shape index (κ3) is 3.54. The SMILES string of the molecule is C[C@H](O)CNC(=O)c1cnc2c(cnn2Cc2ccccc2)c1. The monoisotopic (exact) mass is 310 g/mol. The standard InChI is InChI=1S/C17H18N4O2/c1-12(22)8-19-17(23)15-7-14-10-20-21(16(14)18-9-15)11-13-5-3-2-4-6-13/h2-7,9-10,12,22H,8,11H2,1H3,(H,19,23)/t12-/m0/s1. The zero-order chi connectivity index (χ0) is 16.2. The summed E-state index contributed by atoms with van der Waals surface area (Å²) in [4.78, 5) is 16.4. The number of aliphatic hydroxyl groups excluding tert-OH is 1. The summed E-state index contributed by atoms with van der Waals surface area (Å²) in [6.45, 7) is 2.46. The van der Waals surface area contributed by atoms with Gasteiger partial charge in [-0.15, -0.1) is 0 Å². The van der Waals surface area contributed by atoms with Gasteiger partial charge in [0.2, 0.25) is 0 Å². The summed E-state index contributed by atoms with van der Waals surface area (Å²) >= 11 is 0. The molecule has 0 aliphatic rings. The van der Waals surface area contributed by atoms with Crippen molar-refractivity contribution in [2.75, 3.05) is 6.54 Å². The maximum absolute atomic E-state index is 12.0. The van der Waals surface area contributed by atoms with Gasteiger partial charge in [0.15, 0.2) is 5.65 Å². The number of aromatic nitrogens is 3. The number of hydrogen-bond donors (Lipinski definition) is 2. The van der Waals surface area contributed by atoms with Crippen molar-refractivity contribution in [3.63, 3.8) is 0 Å². The second kappa shape index (κ2) is 6.58. The summed E-state index contributed by atoms with van der Waals surface area (Å²) in [5.74, 6) is -0.254. The maximum atomic E-state index is 12.0. The van der Waals surface area contributed by atoms with Crippen LogP contribution in [0.25, 0.3) is 11.0 Å². The van der Waals surface area contributed by atoms with E-state index < -0.39 is 6.10 Å². The van der Waals surface area contributed by atoms with Crippen LogP contribution in [0.4, 0.5) is 0 Å². The van der Waals surface area contributed by atoms with Gasteiger partial charge in [0, 0.05) is 18.1 Å². The Morgan fingerprint density at radius 2 is 2.09 bits per heavy atom. The number of amides is 1. The van der Waals surface area contributed by atoms with Crippen LogP contribution in [0, 0.1) is 0 Å². The Bertz CT molecular complexity index is 812. The zero-order valence-corrected chi connectivity index (χ0v) is 12.8. The van der Waals surface area contributed by atoms with Crippen molar-refractivity contribution in [3.05, 3.63) is 59.9 Å². The molecule has 3 aromatic rings. The minimum atomic E-state index is -0.579. The van der Waals surface area contributed by atoms with Crippen LogP contribution < -0.4 is 5.32 Å². The molecule has 0 spiro atoms. The highest BCUT2D eigenvalue weighted by Gasteiger charge is 2.11. The first-order valence-corrected chi connectivity index (χ1v) is 7.45. The lowest BCUT2D eigenvalue weighted by Crippen LogP contribution is -2.30. The van der Waals surface area contributed by atoms with Crippen LogP contribution in [-0.4, -0.2) is 38.4 Å². The van der Waals surface area contributed by atoms with E-state index in [0.717, 1.165) is 16.6 Å². The third-order valence-corrected chi connectivity index (χ3v) is 3.47. The Balaban J connectivity index is 1.81. The summed E-state index contributed by atoms with van der Waals surface area (Å²) in [5, 5.41) is 17.0. The van der Waals surface area contributed by atoms with E-state index >= 15 is 0 Å². The van der Waals surface area contributed by atoms with E-state index in [-0.39, 0.29) is 12.5 Å². The first-order chi connectivity index (χ1) is 11.1. The van der Waals surface area contributed by atoms with Crippen LogP contribution >= 0.6 is 0 Å². The highest BCUT2D eigenvalue weighted by Crippen LogP contribution is 2.14. The van der Waals surface area contributed by atoms with E-state index in [2.05, 4.69) is 15.4 Å². The fourth-order valence-electron chi connectivity index (χ4n) is 2.31. The molecule has 118 valence electrons. The normalized spacial score (nSPS) is 12.3. The fraction of sp³-hybridized carbons (Fsp3) is 0.235. The summed E-state index contributed by atoms with van der Waals surface area (Å²) in [6.07, 6.45) is 2.66. The number of carbonyl (C=O) groups is 1. The van der Waals surface area contributed by atoms with E-state index in [1.807, 2.05) is 35.0 Å². The first kappa shape index (κ1) is 15.2. The first-order valence-electron chi connectivity index (χ1n) is 7.45. The number of hydrogen-bond acceptors (Lipinski definition) is 4. The molecular weight excluding hydrogens is 292 g/mol. The van der Waals surface area contributed by atoms with Gasteiger partial charge in [-0.25, -0.2) is 9.67 Å². The van der Waals surface area contributed by atoms with Gasteiger partial charge in [0.1, 0.15) is 0 Å². The molecule has 2 heterocycles. The maximum Gasteiger partial charge on any atom is 0.252 e. The highest BCUT2D eigenvalue weighted by molar-refractivity contribution is 5.96. The van der Waals surface area contributed by atoms with Gasteiger partial charge in [-0.2, -0.15) is 5.10 Å². The van der Waals surface area contributed by atoms with Crippen molar-refractivity contribution in [2.24, 2.45) is 0 Å². The molecule has 0 aliphatic carbocycles. The number of pyridine rings is 1. The van der Waals surface area contributed by atoms with E-state index in [1.165, 1.54) is 6.20 Å². The van der Waals surface area contributed by atoms with Gasteiger partial charge < -0.3 is 10.4 Å². The van der Waals surface area contributed by atoms with Crippen molar-refractivity contribution < 1.29 is 9.90 Å². The molecule has 1 atom stereocenters. The van der Waals surface area contributed by atoms with Crippen LogP contribution in [0.2, 0.25) is 0 Å². The average molecular weight is 310 g/mol. The molecule has 2 aromatic heterocycles. The zero-order valence-electron chi connectivity index (χ0n) is 12.8. The summed E-state index contributed by atoms with van der Waals surface area (Å²) in [5.41, 5.74) is 2.33. The Morgan fingerprint density at radius 1 is 1.30 bits per heavy atom. The van der Waals surface area contributed by atoms with Gasteiger partial charge in [0.25, 0.3) is 5.91 Å². The van der Waals surface area contributed by atoms with Crippen molar-refractivity contribution in [2.45, 2.75) is 19.6 Å². The molecule has 0 aliphatic heterocycles. The molecule has 0 saturated heterocycles. The van der Waals surface area contributed by atoms with Crippen LogP contribution in [0.3, 0.4) is 0 Å². The molecule has 23 heavy (non-hydrogen) atoms. The van der Waals surface area contributed by atoms with Crippen molar-refractivity contribution in [1.82, 2.24) is 20.1 Å². The van der Waals surface area contributed by atoms with E-state index in [4.69, 9.17) is 0 Å². The molecule has 6 heteroatoms. The topological polar surface area (TPSA) is 80.0 Å². The number of benzene rings is 1. The average Bonchev–Trinajstić information content (AvgIpc) is 2.96. The number of rotatable bonds is 5. The van der Waals surface area contributed by atoms with E-state index in [9.17, 15) is 9.90 Å². The predicted molar refractivity (Wildman–Crippen MR) is 87.1 cm³/mol. The Morgan fingerprint density at radius 3 is 2.83 bits per heavy atom. The Labute approximate surface area is 133 Å². The molecule has 1 aromatic carbocycles. The van der Waals surface area contributed by atoms with E-state index in [0.29, 0.717) is 12.1 Å². The Kier molecular flexibility index (Phi) is 4.34. The molecule has 0 unspecified atom stereocenters. The summed E-state index contributed by atoms with van der Waals surface area (Å²) in [6, 6.07) is 11.8. The molecule has 0 fully saturated rings. The van der Waals surface area contributed by atoms with E-state index in [1.54, 1.807) is 19.2 Å². The molecule has 0 saturated carbocycles.